The number of benzene rings is 1. The van der Waals surface area contributed by atoms with E-state index in [1.807, 2.05) is 6.92 Å². The summed E-state index contributed by atoms with van der Waals surface area (Å²) in [5.74, 6) is -0.933. The molecule has 0 saturated carbocycles. The fraction of sp³-hybridized carbons (Fsp3) is 0.0909. The van der Waals surface area contributed by atoms with E-state index in [1.165, 1.54) is 29.5 Å². The Balaban J connectivity index is 2.17. The lowest BCUT2D eigenvalue weighted by atomic mass is 10.2. The summed E-state index contributed by atoms with van der Waals surface area (Å²) >= 11 is 1.36. The summed E-state index contributed by atoms with van der Waals surface area (Å²) < 4.78 is 0. The Bertz CT molecular complexity index is 566. The van der Waals surface area contributed by atoms with Crippen LogP contribution in [0.4, 0.5) is 5.00 Å². The van der Waals surface area contributed by atoms with Gasteiger partial charge < -0.3 is 15.5 Å². The highest BCUT2D eigenvalue weighted by atomic mass is 32.1. The molecule has 0 fully saturated rings. The van der Waals surface area contributed by atoms with Gasteiger partial charge in [-0.3, -0.25) is 4.79 Å². The number of anilines is 1. The molecule has 6 heteroatoms. The standard InChI is InChI=1S/C11H10N2O3S/c1-6-12-5-10(17-6)13-11(16)7-2-3-8(14)9(15)4-7/h2-5,14-15H,1H3,(H,13,16). The number of aromatic nitrogens is 1. The number of amides is 1. The van der Waals surface area contributed by atoms with Crippen LogP contribution in [0, 0.1) is 6.92 Å². The van der Waals surface area contributed by atoms with E-state index in [1.54, 1.807) is 6.20 Å². The molecule has 1 heterocycles. The van der Waals surface area contributed by atoms with Gasteiger partial charge in [0, 0.05) is 5.56 Å². The molecule has 0 radical (unpaired) electrons. The quantitative estimate of drug-likeness (QED) is 0.713. The van der Waals surface area contributed by atoms with E-state index in [4.69, 9.17) is 5.11 Å². The Morgan fingerprint density at radius 1 is 1.35 bits per heavy atom. The summed E-state index contributed by atoms with van der Waals surface area (Å²) in [5, 5.41) is 22.6. The van der Waals surface area contributed by atoms with E-state index in [0.717, 1.165) is 5.01 Å². The van der Waals surface area contributed by atoms with Crippen LogP contribution in [0.15, 0.2) is 24.4 Å². The van der Waals surface area contributed by atoms with Crippen molar-refractivity contribution in [1.29, 1.82) is 0 Å². The van der Waals surface area contributed by atoms with Crippen LogP contribution in [-0.4, -0.2) is 21.1 Å². The van der Waals surface area contributed by atoms with E-state index in [-0.39, 0.29) is 23.0 Å². The van der Waals surface area contributed by atoms with Crippen LogP contribution in [0.2, 0.25) is 0 Å². The van der Waals surface area contributed by atoms with Gasteiger partial charge in [-0.2, -0.15) is 0 Å². The van der Waals surface area contributed by atoms with Crippen molar-refractivity contribution in [3.8, 4) is 11.5 Å². The Hall–Kier alpha value is -2.08. The topological polar surface area (TPSA) is 82.5 Å². The summed E-state index contributed by atoms with van der Waals surface area (Å²) in [6, 6.07) is 3.90. The van der Waals surface area contributed by atoms with Crippen molar-refractivity contribution in [1.82, 2.24) is 4.98 Å². The van der Waals surface area contributed by atoms with Crippen molar-refractivity contribution in [3.63, 3.8) is 0 Å². The molecule has 0 saturated heterocycles. The average Bonchev–Trinajstić information content (AvgIpc) is 2.68. The molecule has 2 rings (SSSR count). The van der Waals surface area contributed by atoms with E-state index in [9.17, 15) is 9.90 Å². The zero-order valence-corrected chi connectivity index (χ0v) is 9.78. The third-order valence-corrected chi connectivity index (χ3v) is 2.92. The van der Waals surface area contributed by atoms with Gasteiger partial charge in [-0.1, -0.05) is 0 Å². The van der Waals surface area contributed by atoms with Gasteiger partial charge in [0.05, 0.1) is 11.2 Å². The monoisotopic (exact) mass is 250 g/mol. The van der Waals surface area contributed by atoms with Gasteiger partial charge in [0.25, 0.3) is 5.91 Å². The van der Waals surface area contributed by atoms with Gasteiger partial charge in [0.1, 0.15) is 5.00 Å². The van der Waals surface area contributed by atoms with Crippen molar-refractivity contribution >= 4 is 22.2 Å². The number of carbonyl (C=O) groups excluding carboxylic acids is 1. The number of thiazole rings is 1. The molecule has 0 spiro atoms. The van der Waals surface area contributed by atoms with E-state index in [0.29, 0.717) is 5.00 Å². The third-order valence-electron chi connectivity index (χ3n) is 2.10. The second kappa shape index (κ2) is 4.42. The minimum absolute atomic E-state index is 0.254. The Labute approximate surface area is 101 Å². The zero-order valence-electron chi connectivity index (χ0n) is 8.97. The van der Waals surface area contributed by atoms with Gasteiger partial charge in [0.15, 0.2) is 11.5 Å². The number of aromatic hydroxyl groups is 2. The lowest BCUT2D eigenvalue weighted by Gasteiger charge is -2.03. The smallest absolute Gasteiger partial charge is 0.256 e. The molecule has 0 aliphatic carbocycles. The number of nitrogens with one attached hydrogen (secondary N) is 1. The number of rotatable bonds is 2. The highest BCUT2D eigenvalue weighted by Crippen LogP contribution is 2.25. The van der Waals surface area contributed by atoms with Crippen LogP contribution < -0.4 is 5.32 Å². The normalized spacial score (nSPS) is 10.2. The first-order valence-corrected chi connectivity index (χ1v) is 5.63. The predicted octanol–water partition coefficient (Wildman–Crippen LogP) is 2.12. The molecule has 1 aromatic heterocycles. The number of carbonyl (C=O) groups is 1. The summed E-state index contributed by atoms with van der Waals surface area (Å²) in [4.78, 5) is 15.8. The largest absolute Gasteiger partial charge is 0.504 e. The van der Waals surface area contributed by atoms with E-state index >= 15 is 0 Å². The fourth-order valence-electron chi connectivity index (χ4n) is 1.27. The molecule has 0 bridgehead atoms. The maximum Gasteiger partial charge on any atom is 0.256 e. The SMILES string of the molecule is Cc1ncc(NC(=O)c2ccc(O)c(O)c2)s1. The average molecular weight is 250 g/mol. The van der Waals surface area contributed by atoms with E-state index < -0.39 is 0 Å². The number of phenols is 2. The highest BCUT2D eigenvalue weighted by molar-refractivity contribution is 7.15. The van der Waals surface area contributed by atoms with Crippen LogP contribution >= 0.6 is 11.3 Å². The lowest BCUT2D eigenvalue weighted by molar-refractivity contribution is 0.102. The van der Waals surface area contributed by atoms with Crippen molar-refractivity contribution in [2.24, 2.45) is 0 Å². The maximum absolute atomic E-state index is 11.8. The highest BCUT2D eigenvalue weighted by Gasteiger charge is 2.10. The van der Waals surface area contributed by atoms with Crippen molar-refractivity contribution < 1.29 is 15.0 Å². The summed E-state index contributed by atoms with van der Waals surface area (Å²) in [5.41, 5.74) is 0.270. The molecule has 88 valence electrons. The molecule has 1 amide bonds. The van der Waals surface area contributed by atoms with Crippen LogP contribution in [0.3, 0.4) is 0 Å². The van der Waals surface area contributed by atoms with E-state index in [2.05, 4.69) is 10.3 Å². The van der Waals surface area contributed by atoms with Crippen LogP contribution in [0.25, 0.3) is 0 Å². The predicted molar refractivity (Wildman–Crippen MR) is 64.6 cm³/mol. The zero-order chi connectivity index (χ0) is 12.4. The third kappa shape index (κ3) is 2.54. The molecule has 5 nitrogen and oxygen atoms in total. The van der Waals surface area contributed by atoms with Gasteiger partial charge in [-0.15, -0.1) is 11.3 Å². The lowest BCUT2D eigenvalue weighted by Crippen LogP contribution is -2.10. The van der Waals surface area contributed by atoms with Gasteiger partial charge in [-0.05, 0) is 25.1 Å². The Morgan fingerprint density at radius 2 is 2.12 bits per heavy atom. The van der Waals surface area contributed by atoms with Gasteiger partial charge >= 0.3 is 0 Å². The van der Waals surface area contributed by atoms with Crippen LogP contribution in [-0.2, 0) is 0 Å². The second-order valence-electron chi connectivity index (χ2n) is 3.40. The van der Waals surface area contributed by atoms with Crippen LogP contribution in [0.1, 0.15) is 15.4 Å². The fourth-order valence-corrected chi connectivity index (χ4v) is 1.94. The number of hydrogen-bond acceptors (Lipinski definition) is 5. The van der Waals surface area contributed by atoms with Crippen molar-refractivity contribution in [2.45, 2.75) is 6.92 Å². The molecule has 2 aromatic rings. The molecule has 3 N–H and O–H groups in total. The molecule has 17 heavy (non-hydrogen) atoms. The molecular formula is C11H10N2O3S. The molecule has 0 unspecified atom stereocenters. The van der Waals surface area contributed by atoms with Crippen molar-refractivity contribution in [2.75, 3.05) is 5.32 Å². The van der Waals surface area contributed by atoms with Crippen LogP contribution in [0.5, 0.6) is 11.5 Å². The first-order valence-electron chi connectivity index (χ1n) is 4.82. The maximum atomic E-state index is 11.8. The summed E-state index contributed by atoms with van der Waals surface area (Å²) in [6.07, 6.45) is 1.57. The van der Waals surface area contributed by atoms with Gasteiger partial charge in [0.2, 0.25) is 0 Å². The van der Waals surface area contributed by atoms with Gasteiger partial charge in [-0.25, -0.2) is 4.98 Å². The molecule has 0 atom stereocenters. The number of hydrogen-bond donors (Lipinski definition) is 3. The number of aryl methyl sites for hydroxylation is 1. The summed E-state index contributed by atoms with van der Waals surface area (Å²) in [7, 11) is 0. The first-order chi connectivity index (χ1) is 8.06. The number of phenolic OH excluding ortho intramolecular Hbond substituents is 2. The van der Waals surface area contributed by atoms with Crippen molar-refractivity contribution in [3.05, 3.63) is 35.0 Å². The second-order valence-corrected chi connectivity index (χ2v) is 4.64. The molecule has 0 aliphatic heterocycles. The summed E-state index contributed by atoms with van der Waals surface area (Å²) in [6.45, 7) is 1.84. The number of nitrogens with zero attached hydrogens (tertiary/aromatic N) is 1. The molecule has 0 aliphatic rings. The minimum Gasteiger partial charge on any atom is -0.504 e. The minimum atomic E-state index is -0.357. The Kier molecular flexibility index (Phi) is 2.97. The molecule has 1 aromatic carbocycles. The molecular weight excluding hydrogens is 240 g/mol. The Morgan fingerprint density at radius 3 is 2.71 bits per heavy atom. The first kappa shape index (κ1) is 11.4.